The highest BCUT2D eigenvalue weighted by Gasteiger charge is 2.30. The van der Waals surface area contributed by atoms with E-state index in [1.165, 1.54) is 4.31 Å². The molecule has 0 saturated carbocycles. The first-order valence-corrected chi connectivity index (χ1v) is 11.9. The number of sulfonamides is 1. The number of nitrogens with one attached hydrogen (secondary N) is 2. The van der Waals surface area contributed by atoms with Crippen LogP contribution in [0.5, 0.6) is 0 Å². The van der Waals surface area contributed by atoms with Crippen LogP contribution in [0.15, 0.2) is 65.6 Å². The van der Waals surface area contributed by atoms with Gasteiger partial charge in [0.25, 0.3) is 5.91 Å². The fourth-order valence-electron chi connectivity index (χ4n) is 4.14. The van der Waals surface area contributed by atoms with E-state index in [4.69, 9.17) is 0 Å². The Bertz CT molecular complexity index is 1220. The molecular formula is C24H27N3O3S. The van der Waals surface area contributed by atoms with E-state index in [2.05, 4.69) is 10.6 Å². The van der Waals surface area contributed by atoms with Gasteiger partial charge in [0.1, 0.15) is 0 Å². The lowest BCUT2D eigenvalue weighted by Gasteiger charge is -2.31. The van der Waals surface area contributed by atoms with Crippen LogP contribution in [0, 0.1) is 6.92 Å². The molecule has 1 saturated heterocycles. The lowest BCUT2D eigenvalue weighted by atomic mass is 10.1. The van der Waals surface area contributed by atoms with Crippen LogP contribution in [0.25, 0.3) is 10.8 Å². The molecule has 6 nitrogen and oxygen atoms in total. The molecule has 0 bridgehead atoms. The van der Waals surface area contributed by atoms with Gasteiger partial charge < -0.3 is 10.6 Å². The highest BCUT2D eigenvalue weighted by atomic mass is 32.2. The molecular weight excluding hydrogens is 410 g/mol. The number of amides is 1. The molecule has 7 heteroatoms. The Morgan fingerprint density at radius 2 is 1.61 bits per heavy atom. The Balaban J connectivity index is 1.71. The number of rotatable bonds is 5. The topological polar surface area (TPSA) is 78.5 Å². The molecule has 4 rings (SSSR count). The standard InChI is InChI=1S/C24H27N3O3S/c1-17-7-3-4-8-19(17)24(28)26-22-11-12-23(21-10-6-5-9-20(21)22)31(29,30)27(2)18-13-15-25-16-14-18/h3-12,18,25H,13-16H2,1-2H3,(H,26,28). The van der Waals surface area contributed by atoms with E-state index in [1.54, 1.807) is 31.3 Å². The van der Waals surface area contributed by atoms with Crippen molar-refractivity contribution in [2.24, 2.45) is 0 Å². The van der Waals surface area contributed by atoms with Crippen LogP contribution >= 0.6 is 0 Å². The van der Waals surface area contributed by atoms with Crippen LogP contribution < -0.4 is 10.6 Å². The second kappa shape index (κ2) is 8.78. The van der Waals surface area contributed by atoms with Gasteiger partial charge in [-0.3, -0.25) is 4.79 Å². The summed E-state index contributed by atoms with van der Waals surface area (Å²) < 4.78 is 28.4. The van der Waals surface area contributed by atoms with Crippen LogP contribution in [0.3, 0.4) is 0 Å². The summed E-state index contributed by atoms with van der Waals surface area (Å²) in [4.78, 5) is 13.1. The molecule has 1 aliphatic rings. The van der Waals surface area contributed by atoms with Crippen molar-refractivity contribution in [1.29, 1.82) is 0 Å². The van der Waals surface area contributed by atoms with Gasteiger partial charge in [0.2, 0.25) is 10.0 Å². The third-order valence-corrected chi connectivity index (χ3v) is 7.97. The predicted octanol–water partition coefficient (Wildman–Crippen LogP) is 3.77. The van der Waals surface area contributed by atoms with Crippen molar-refractivity contribution in [3.8, 4) is 0 Å². The van der Waals surface area contributed by atoms with Gasteiger partial charge in [-0.05, 0) is 56.6 Å². The number of hydrogen-bond acceptors (Lipinski definition) is 4. The maximum Gasteiger partial charge on any atom is 0.255 e. The lowest BCUT2D eigenvalue weighted by Crippen LogP contribution is -2.43. The summed E-state index contributed by atoms with van der Waals surface area (Å²) in [5.74, 6) is -0.217. The number of anilines is 1. The summed E-state index contributed by atoms with van der Waals surface area (Å²) in [6.45, 7) is 3.52. The average Bonchev–Trinajstić information content (AvgIpc) is 2.79. The smallest absolute Gasteiger partial charge is 0.255 e. The molecule has 0 radical (unpaired) electrons. The number of aryl methyl sites for hydroxylation is 1. The number of carbonyl (C=O) groups excluding carboxylic acids is 1. The second-order valence-corrected chi connectivity index (χ2v) is 9.89. The minimum Gasteiger partial charge on any atom is -0.321 e. The minimum atomic E-state index is -3.68. The van der Waals surface area contributed by atoms with E-state index in [-0.39, 0.29) is 16.8 Å². The summed E-state index contributed by atoms with van der Waals surface area (Å²) in [5, 5.41) is 7.53. The third-order valence-electron chi connectivity index (χ3n) is 6.00. The van der Waals surface area contributed by atoms with E-state index in [1.807, 2.05) is 43.3 Å². The zero-order valence-electron chi connectivity index (χ0n) is 17.8. The summed E-state index contributed by atoms with van der Waals surface area (Å²) in [6.07, 6.45) is 1.58. The van der Waals surface area contributed by atoms with Crippen molar-refractivity contribution in [2.45, 2.75) is 30.7 Å². The first kappa shape index (κ1) is 21.5. The number of piperidine rings is 1. The molecule has 31 heavy (non-hydrogen) atoms. The van der Waals surface area contributed by atoms with Crippen LogP contribution in [0.4, 0.5) is 5.69 Å². The maximum absolute atomic E-state index is 13.5. The quantitative estimate of drug-likeness (QED) is 0.637. The van der Waals surface area contributed by atoms with Crippen molar-refractivity contribution in [2.75, 3.05) is 25.5 Å². The van der Waals surface area contributed by atoms with Gasteiger partial charge >= 0.3 is 0 Å². The van der Waals surface area contributed by atoms with Crippen molar-refractivity contribution in [3.63, 3.8) is 0 Å². The molecule has 0 spiro atoms. The van der Waals surface area contributed by atoms with Crippen LogP contribution in [0.2, 0.25) is 0 Å². The van der Waals surface area contributed by atoms with Crippen molar-refractivity contribution < 1.29 is 13.2 Å². The van der Waals surface area contributed by atoms with Gasteiger partial charge in [-0.1, -0.05) is 42.5 Å². The summed E-state index contributed by atoms with van der Waals surface area (Å²) in [7, 11) is -2.02. The highest BCUT2D eigenvalue weighted by Crippen LogP contribution is 2.32. The monoisotopic (exact) mass is 437 g/mol. The van der Waals surface area contributed by atoms with Gasteiger partial charge in [0.05, 0.1) is 4.90 Å². The Morgan fingerprint density at radius 1 is 0.968 bits per heavy atom. The van der Waals surface area contributed by atoms with E-state index < -0.39 is 10.0 Å². The molecule has 0 aromatic heterocycles. The molecule has 3 aromatic carbocycles. The molecule has 1 aliphatic heterocycles. The zero-order valence-corrected chi connectivity index (χ0v) is 18.6. The van der Waals surface area contributed by atoms with Crippen molar-refractivity contribution in [1.82, 2.24) is 9.62 Å². The van der Waals surface area contributed by atoms with Crippen LogP contribution in [-0.4, -0.2) is 44.8 Å². The summed E-state index contributed by atoms with van der Waals surface area (Å²) in [5.41, 5.74) is 2.06. The Kier molecular flexibility index (Phi) is 6.09. The number of fused-ring (bicyclic) bond motifs is 1. The SMILES string of the molecule is Cc1ccccc1C(=O)Nc1ccc(S(=O)(=O)N(C)C2CCNCC2)c2ccccc12. The maximum atomic E-state index is 13.5. The molecule has 0 unspecified atom stereocenters. The molecule has 0 atom stereocenters. The molecule has 3 aromatic rings. The molecule has 2 N–H and O–H groups in total. The largest absolute Gasteiger partial charge is 0.321 e. The fraction of sp³-hybridized carbons (Fsp3) is 0.292. The first-order valence-electron chi connectivity index (χ1n) is 10.5. The van der Waals surface area contributed by atoms with Gasteiger partial charge in [-0.15, -0.1) is 0 Å². The van der Waals surface area contributed by atoms with Gasteiger partial charge in [0, 0.05) is 35.1 Å². The lowest BCUT2D eigenvalue weighted by molar-refractivity contribution is 0.102. The number of carbonyl (C=O) groups is 1. The first-order chi connectivity index (χ1) is 14.9. The van der Waals surface area contributed by atoms with Crippen LogP contribution in [0.1, 0.15) is 28.8 Å². The molecule has 162 valence electrons. The third kappa shape index (κ3) is 4.21. The molecule has 1 heterocycles. The van der Waals surface area contributed by atoms with Gasteiger partial charge in [0.15, 0.2) is 0 Å². The summed E-state index contributed by atoms with van der Waals surface area (Å²) in [6, 6.07) is 17.9. The number of nitrogens with zero attached hydrogens (tertiary/aromatic N) is 1. The van der Waals surface area contributed by atoms with Gasteiger partial charge in [-0.2, -0.15) is 4.31 Å². The van der Waals surface area contributed by atoms with Crippen molar-refractivity contribution in [3.05, 3.63) is 71.8 Å². The number of benzene rings is 3. The van der Waals surface area contributed by atoms with Crippen LogP contribution in [-0.2, 0) is 10.0 Å². The van der Waals surface area contributed by atoms with Crippen molar-refractivity contribution >= 4 is 32.4 Å². The molecule has 0 aliphatic carbocycles. The van der Waals surface area contributed by atoms with E-state index in [0.29, 0.717) is 22.0 Å². The van der Waals surface area contributed by atoms with E-state index in [9.17, 15) is 13.2 Å². The zero-order chi connectivity index (χ0) is 22.0. The highest BCUT2D eigenvalue weighted by molar-refractivity contribution is 7.89. The Hall–Kier alpha value is -2.74. The second-order valence-electron chi connectivity index (χ2n) is 7.93. The number of hydrogen-bond donors (Lipinski definition) is 2. The Labute approximate surface area is 183 Å². The van der Waals surface area contributed by atoms with Gasteiger partial charge in [-0.25, -0.2) is 8.42 Å². The van der Waals surface area contributed by atoms with E-state index in [0.717, 1.165) is 31.5 Å². The predicted molar refractivity (Wildman–Crippen MR) is 124 cm³/mol. The summed E-state index contributed by atoms with van der Waals surface area (Å²) >= 11 is 0. The average molecular weight is 438 g/mol. The minimum absolute atomic E-state index is 0.0227. The normalized spacial score (nSPS) is 15.3. The molecule has 1 amide bonds. The van der Waals surface area contributed by atoms with E-state index >= 15 is 0 Å². The fourth-order valence-corrected chi connectivity index (χ4v) is 5.75. The Morgan fingerprint density at radius 3 is 2.32 bits per heavy atom. The molecule has 1 fully saturated rings.